The second kappa shape index (κ2) is 6.76. The Kier molecular flexibility index (Phi) is 4.78. The summed E-state index contributed by atoms with van der Waals surface area (Å²) in [4.78, 5) is 11.9. The van der Waals surface area contributed by atoms with E-state index in [1.807, 2.05) is 51.2 Å². The van der Waals surface area contributed by atoms with Crippen molar-refractivity contribution in [2.24, 2.45) is 7.05 Å². The first kappa shape index (κ1) is 14.9. The van der Waals surface area contributed by atoms with Crippen LogP contribution in [0.15, 0.2) is 30.3 Å². The fourth-order valence-corrected chi connectivity index (χ4v) is 2.11. The van der Waals surface area contributed by atoms with Crippen molar-refractivity contribution in [2.45, 2.75) is 20.3 Å². The van der Waals surface area contributed by atoms with Crippen LogP contribution in [0.2, 0.25) is 0 Å². The number of nitrogens with one attached hydrogen (secondary N) is 1. The van der Waals surface area contributed by atoms with E-state index in [-0.39, 0.29) is 5.91 Å². The van der Waals surface area contributed by atoms with E-state index in [1.165, 1.54) is 0 Å². The van der Waals surface area contributed by atoms with Gasteiger partial charge >= 0.3 is 0 Å². The van der Waals surface area contributed by atoms with E-state index in [9.17, 15) is 4.79 Å². The van der Waals surface area contributed by atoms with Gasteiger partial charge in [-0.3, -0.25) is 9.48 Å². The quantitative estimate of drug-likeness (QED) is 0.871. The molecule has 0 atom stereocenters. The Hall–Kier alpha value is -2.54. The van der Waals surface area contributed by atoms with E-state index in [1.54, 1.807) is 4.68 Å². The lowest BCUT2D eigenvalue weighted by Gasteiger charge is -2.02. The zero-order valence-corrected chi connectivity index (χ0v) is 12.6. The summed E-state index contributed by atoms with van der Waals surface area (Å²) in [6.07, 6.45) is 0.346. The molecule has 2 aromatic rings. The minimum atomic E-state index is -0.0310. The number of benzene rings is 1. The maximum Gasteiger partial charge on any atom is 0.225 e. The molecular formula is C17H19N3O. The Bertz CT molecular complexity index is 690. The van der Waals surface area contributed by atoms with E-state index >= 15 is 0 Å². The van der Waals surface area contributed by atoms with Crippen molar-refractivity contribution < 1.29 is 4.79 Å². The molecule has 1 N–H and O–H groups in total. The van der Waals surface area contributed by atoms with Gasteiger partial charge in [-0.2, -0.15) is 5.10 Å². The molecular weight excluding hydrogens is 262 g/mol. The third kappa shape index (κ3) is 3.96. The maximum absolute atomic E-state index is 11.9. The van der Waals surface area contributed by atoms with Gasteiger partial charge in [0.25, 0.3) is 0 Å². The minimum absolute atomic E-state index is 0.0310. The zero-order chi connectivity index (χ0) is 15.2. The van der Waals surface area contributed by atoms with Crippen molar-refractivity contribution >= 4 is 5.91 Å². The van der Waals surface area contributed by atoms with Crippen LogP contribution in [-0.4, -0.2) is 22.2 Å². The number of carbonyl (C=O) groups is 1. The molecule has 1 heterocycles. The number of hydrogen-bond donors (Lipinski definition) is 1. The lowest BCUT2D eigenvalue weighted by Crippen LogP contribution is -2.25. The molecule has 0 aliphatic rings. The third-order valence-electron chi connectivity index (χ3n) is 3.38. The number of aromatic nitrogens is 2. The molecule has 1 amide bonds. The van der Waals surface area contributed by atoms with Crippen molar-refractivity contribution in [3.05, 3.63) is 52.8 Å². The normalized spacial score (nSPS) is 9.86. The summed E-state index contributed by atoms with van der Waals surface area (Å²) < 4.78 is 1.80. The van der Waals surface area contributed by atoms with Crippen LogP contribution in [0, 0.1) is 25.7 Å². The van der Waals surface area contributed by atoms with Crippen LogP contribution < -0.4 is 5.32 Å². The fraction of sp³-hybridized carbons (Fsp3) is 0.294. The highest BCUT2D eigenvalue weighted by Gasteiger charge is 2.12. The molecule has 1 aromatic heterocycles. The van der Waals surface area contributed by atoms with Gasteiger partial charge in [0.15, 0.2) is 0 Å². The van der Waals surface area contributed by atoms with Crippen LogP contribution in [0.4, 0.5) is 0 Å². The molecule has 0 aliphatic heterocycles. The molecule has 0 radical (unpaired) electrons. The molecule has 0 bridgehead atoms. The monoisotopic (exact) mass is 281 g/mol. The molecule has 4 nitrogen and oxygen atoms in total. The Labute approximate surface area is 125 Å². The van der Waals surface area contributed by atoms with Gasteiger partial charge < -0.3 is 5.32 Å². The second-order valence-corrected chi connectivity index (χ2v) is 4.89. The standard InChI is InChI=1S/C17H19N3O/c1-13-16(14(2)20(3)19-13)12-17(21)18-11-7-10-15-8-5-4-6-9-15/h4-6,8-9H,11-12H2,1-3H3,(H,18,21). The SMILES string of the molecule is Cc1nn(C)c(C)c1CC(=O)NCC#Cc1ccccc1. The lowest BCUT2D eigenvalue weighted by molar-refractivity contribution is -0.120. The van der Waals surface area contributed by atoms with E-state index in [2.05, 4.69) is 22.3 Å². The number of nitrogens with zero attached hydrogens (tertiary/aromatic N) is 2. The largest absolute Gasteiger partial charge is 0.345 e. The maximum atomic E-state index is 11.9. The molecule has 1 aromatic carbocycles. The van der Waals surface area contributed by atoms with E-state index in [4.69, 9.17) is 0 Å². The van der Waals surface area contributed by atoms with Gasteiger partial charge in [0.1, 0.15) is 0 Å². The molecule has 0 saturated carbocycles. The van der Waals surface area contributed by atoms with Gasteiger partial charge in [0.2, 0.25) is 5.91 Å². The Balaban J connectivity index is 1.87. The van der Waals surface area contributed by atoms with Crippen LogP contribution in [-0.2, 0) is 18.3 Å². The predicted octanol–water partition coefficient (Wildman–Crippen LogP) is 1.75. The topological polar surface area (TPSA) is 46.9 Å². The number of rotatable bonds is 3. The average molecular weight is 281 g/mol. The Morgan fingerprint density at radius 2 is 2.00 bits per heavy atom. The summed E-state index contributed by atoms with van der Waals surface area (Å²) in [7, 11) is 1.88. The zero-order valence-electron chi connectivity index (χ0n) is 12.6. The van der Waals surface area contributed by atoms with Gasteiger partial charge in [-0.1, -0.05) is 30.0 Å². The Morgan fingerprint density at radius 1 is 1.29 bits per heavy atom. The highest BCUT2D eigenvalue weighted by atomic mass is 16.1. The Morgan fingerprint density at radius 3 is 2.62 bits per heavy atom. The van der Waals surface area contributed by atoms with E-state index in [0.717, 1.165) is 22.5 Å². The van der Waals surface area contributed by atoms with E-state index in [0.29, 0.717) is 13.0 Å². The molecule has 0 fully saturated rings. The van der Waals surface area contributed by atoms with E-state index < -0.39 is 0 Å². The number of carbonyl (C=O) groups excluding carboxylic acids is 1. The van der Waals surface area contributed by atoms with Gasteiger partial charge in [-0.25, -0.2) is 0 Å². The number of aryl methyl sites for hydroxylation is 2. The van der Waals surface area contributed by atoms with Crippen LogP contribution in [0.1, 0.15) is 22.5 Å². The highest BCUT2D eigenvalue weighted by molar-refractivity contribution is 5.79. The van der Waals surface area contributed by atoms with Crippen molar-refractivity contribution in [2.75, 3.05) is 6.54 Å². The number of hydrogen-bond acceptors (Lipinski definition) is 2. The molecule has 108 valence electrons. The van der Waals surface area contributed by atoms with Crippen molar-refractivity contribution in [3.63, 3.8) is 0 Å². The van der Waals surface area contributed by atoms with Crippen molar-refractivity contribution in [1.29, 1.82) is 0 Å². The van der Waals surface area contributed by atoms with Crippen molar-refractivity contribution in [1.82, 2.24) is 15.1 Å². The fourth-order valence-electron chi connectivity index (χ4n) is 2.11. The second-order valence-electron chi connectivity index (χ2n) is 4.89. The lowest BCUT2D eigenvalue weighted by atomic mass is 10.1. The molecule has 0 saturated heterocycles. The summed E-state index contributed by atoms with van der Waals surface area (Å²) in [5.41, 5.74) is 3.87. The molecule has 0 aliphatic carbocycles. The molecule has 4 heteroatoms. The summed E-state index contributed by atoms with van der Waals surface area (Å²) >= 11 is 0. The van der Waals surface area contributed by atoms with Gasteiger partial charge in [-0.05, 0) is 26.0 Å². The highest BCUT2D eigenvalue weighted by Crippen LogP contribution is 2.12. The third-order valence-corrected chi connectivity index (χ3v) is 3.38. The van der Waals surface area contributed by atoms with Crippen LogP contribution in [0.25, 0.3) is 0 Å². The minimum Gasteiger partial charge on any atom is -0.345 e. The first-order valence-electron chi connectivity index (χ1n) is 6.87. The first-order valence-corrected chi connectivity index (χ1v) is 6.87. The summed E-state index contributed by atoms with van der Waals surface area (Å²) in [5.74, 6) is 5.93. The summed E-state index contributed by atoms with van der Waals surface area (Å²) in [6.45, 7) is 4.24. The average Bonchev–Trinajstić information content (AvgIpc) is 2.71. The van der Waals surface area contributed by atoms with Crippen LogP contribution in [0.3, 0.4) is 0 Å². The summed E-state index contributed by atoms with van der Waals surface area (Å²) in [5, 5.41) is 7.12. The predicted molar refractivity (Wildman–Crippen MR) is 82.7 cm³/mol. The van der Waals surface area contributed by atoms with Gasteiger partial charge in [0.05, 0.1) is 18.7 Å². The molecule has 21 heavy (non-hydrogen) atoms. The van der Waals surface area contributed by atoms with Crippen LogP contribution >= 0.6 is 0 Å². The summed E-state index contributed by atoms with van der Waals surface area (Å²) in [6, 6.07) is 9.72. The smallest absolute Gasteiger partial charge is 0.225 e. The van der Waals surface area contributed by atoms with Gasteiger partial charge in [-0.15, -0.1) is 0 Å². The van der Waals surface area contributed by atoms with Crippen LogP contribution in [0.5, 0.6) is 0 Å². The molecule has 0 unspecified atom stereocenters. The van der Waals surface area contributed by atoms with Crippen molar-refractivity contribution in [3.8, 4) is 11.8 Å². The van der Waals surface area contributed by atoms with Gasteiger partial charge in [0, 0.05) is 23.9 Å². The first-order chi connectivity index (χ1) is 10.1. The molecule has 0 spiro atoms. The number of amides is 1. The molecule has 2 rings (SSSR count).